The Hall–Kier alpha value is -2.11. The Bertz CT molecular complexity index is 856. The third-order valence-corrected chi connectivity index (χ3v) is 10.8. The fraction of sp³-hybridized carbons (Fsp3) is 0.480. The van der Waals surface area contributed by atoms with Gasteiger partial charge in [0.05, 0.1) is 18.7 Å². The minimum atomic E-state index is -1.98. The summed E-state index contributed by atoms with van der Waals surface area (Å²) in [6.45, 7) is 13.6. The van der Waals surface area contributed by atoms with Gasteiger partial charge in [-0.05, 0) is 54.4 Å². The number of hydrogen-bond acceptors (Lipinski definition) is 4. The number of rotatable bonds is 7. The highest BCUT2D eigenvalue weighted by atomic mass is 28.4. The average molecular weight is 426 g/mol. The fourth-order valence-electron chi connectivity index (χ4n) is 3.41. The van der Waals surface area contributed by atoms with E-state index in [0.717, 1.165) is 23.8 Å². The van der Waals surface area contributed by atoms with E-state index in [1.54, 1.807) is 7.11 Å². The predicted octanol–water partition coefficient (Wildman–Crippen LogP) is 6.91. The third-order valence-electron chi connectivity index (χ3n) is 6.38. The zero-order chi connectivity index (χ0) is 21.9. The van der Waals surface area contributed by atoms with E-state index in [0.29, 0.717) is 0 Å². The second-order valence-corrected chi connectivity index (χ2v) is 14.2. The second-order valence-electron chi connectivity index (χ2n) is 9.45. The largest absolute Gasteiger partial charge is 0.497 e. The Balaban J connectivity index is 1.86. The summed E-state index contributed by atoms with van der Waals surface area (Å²) in [4.78, 5) is 4.76. The molecule has 2 aromatic rings. The lowest BCUT2D eigenvalue weighted by Gasteiger charge is -2.47. The van der Waals surface area contributed by atoms with Gasteiger partial charge in [0.25, 0.3) is 0 Å². The van der Waals surface area contributed by atoms with Crippen LogP contribution in [0.2, 0.25) is 18.1 Å². The first-order valence-electron chi connectivity index (χ1n) is 10.8. The molecule has 1 heterocycles. The van der Waals surface area contributed by atoms with Crippen LogP contribution in [0, 0.1) is 5.92 Å². The van der Waals surface area contributed by atoms with Crippen molar-refractivity contribution in [2.45, 2.75) is 64.5 Å². The Morgan fingerprint density at radius 3 is 2.20 bits per heavy atom. The molecular formula is C25H35NO3Si. The lowest BCUT2D eigenvalue weighted by atomic mass is 9.86. The van der Waals surface area contributed by atoms with Crippen molar-refractivity contribution in [3.05, 3.63) is 60.2 Å². The molecule has 0 aliphatic carbocycles. The van der Waals surface area contributed by atoms with Crippen molar-refractivity contribution >= 4 is 19.9 Å². The van der Waals surface area contributed by atoms with Crippen molar-refractivity contribution in [1.82, 2.24) is 0 Å². The van der Waals surface area contributed by atoms with E-state index < -0.39 is 8.32 Å². The van der Waals surface area contributed by atoms with Crippen molar-refractivity contribution in [1.29, 1.82) is 0 Å². The quantitative estimate of drug-likeness (QED) is 0.452. The molecule has 1 aliphatic heterocycles. The summed E-state index contributed by atoms with van der Waals surface area (Å²) in [6, 6.07) is 18.2. The van der Waals surface area contributed by atoms with Crippen LogP contribution < -0.4 is 4.74 Å². The van der Waals surface area contributed by atoms with Crippen molar-refractivity contribution in [2.24, 2.45) is 10.9 Å². The normalized spacial score (nSPS) is 21.6. The molecule has 2 aromatic carbocycles. The number of aliphatic imine (C=N–C) groups is 1. The molecule has 0 bridgehead atoms. The van der Waals surface area contributed by atoms with Crippen molar-refractivity contribution < 1.29 is 13.9 Å². The lowest BCUT2D eigenvalue weighted by molar-refractivity contribution is -0.0423. The maximum absolute atomic E-state index is 6.90. The summed E-state index contributed by atoms with van der Waals surface area (Å²) in [7, 11) is -0.312. The van der Waals surface area contributed by atoms with Gasteiger partial charge in [-0.2, -0.15) is 0 Å². The minimum absolute atomic E-state index is 0.0245. The molecule has 0 unspecified atom stereocenters. The van der Waals surface area contributed by atoms with E-state index in [1.807, 2.05) is 30.3 Å². The van der Waals surface area contributed by atoms with Gasteiger partial charge in [0.15, 0.2) is 14.2 Å². The van der Waals surface area contributed by atoms with Gasteiger partial charge in [-0.3, -0.25) is 0 Å². The number of ether oxygens (including phenoxy) is 2. The molecular weight excluding hydrogens is 390 g/mol. The molecule has 162 valence electrons. The maximum Gasteiger partial charge on any atom is 0.195 e. The molecule has 0 spiro atoms. The molecule has 0 N–H and O–H groups in total. The van der Waals surface area contributed by atoms with Crippen LogP contribution in [0.5, 0.6) is 5.75 Å². The first-order valence-corrected chi connectivity index (χ1v) is 13.7. The van der Waals surface area contributed by atoms with Crippen LogP contribution in [0.4, 0.5) is 5.69 Å². The lowest BCUT2D eigenvalue weighted by Crippen LogP contribution is -2.52. The summed E-state index contributed by atoms with van der Waals surface area (Å²) in [5, 5.41) is 0.130. The highest BCUT2D eigenvalue weighted by Gasteiger charge is 2.49. The smallest absolute Gasteiger partial charge is 0.195 e. The van der Waals surface area contributed by atoms with Crippen molar-refractivity contribution in [3.63, 3.8) is 0 Å². The highest BCUT2D eigenvalue weighted by molar-refractivity contribution is 6.74. The monoisotopic (exact) mass is 425 g/mol. The summed E-state index contributed by atoms with van der Waals surface area (Å²) < 4.78 is 18.4. The fourth-order valence-corrected chi connectivity index (χ4v) is 4.67. The van der Waals surface area contributed by atoms with Crippen LogP contribution in [0.25, 0.3) is 0 Å². The van der Waals surface area contributed by atoms with Crippen LogP contribution in [0.3, 0.4) is 0 Å². The van der Waals surface area contributed by atoms with Crippen molar-refractivity contribution in [2.75, 3.05) is 7.11 Å². The molecule has 30 heavy (non-hydrogen) atoms. The summed E-state index contributed by atoms with van der Waals surface area (Å²) in [6.07, 6.45) is 0.847. The first kappa shape index (κ1) is 22.6. The van der Waals surface area contributed by atoms with Gasteiger partial charge in [-0.15, -0.1) is 0 Å². The van der Waals surface area contributed by atoms with Gasteiger partial charge >= 0.3 is 0 Å². The summed E-state index contributed by atoms with van der Waals surface area (Å²) in [5.74, 6) is 1.86. The molecule has 4 nitrogen and oxygen atoms in total. The van der Waals surface area contributed by atoms with Gasteiger partial charge in [-0.25, -0.2) is 4.99 Å². The molecule has 3 atom stereocenters. The molecule has 0 aromatic heterocycles. The molecule has 1 fully saturated rings. The second kappa shape index (κ2) is 8.94. The maximum atomic E-state index is 6.90. The Kier molecular flexibility index (Phi) is 6.73. The standard InChI is InChI=1S/C25H35NO3Si/c1-8-21-23(28-24(21)26-19-14-16-20(27-5)17-15-19)22(18-12-10-9-11-13-18)29-30(6,7)25(2,3)4/h9-17,21-23H,8H2,1-7H3/t21-,22+,23+/m1/s1. The van der Waals surface area contributed by atoms with Crippen LogP contribution in [-0.4, -0.2) is 27.4 Å². The number of methoxy groups -OCH3 is 1. The average Bonchev–Trinajstić information content (AvgIpc) is 2.70. The molecule has 0 saturated carbocycles. The van der Waals surface area contributed by atoms with E-state index in [4.69, 9.17) is 18.9 Å². The molecule has 1 aliphatic rings. The van der Waals surface area contributed by atoms with Gasteiger partial charge < -0.3 is 13.9 Å². The zero-order valence-electron chi connectivity index (χ0n) is 19.3. The Labute approximate surface area is 182 Å². The predicted molar refractivity (Wildman–Crippen MR) is 126 cm³/mol. The molecule has 0 amide bonds. The zero-order valence-corrected chi connectivity index (χ0v) is 20.3. The molecule has 3 rings (SSSR count). The third kappa shape index (κ3) is 4.78. The van der Waals surface area contributed by atoms with Crippen LogP contribution in [0.1, 0.15) is 45.8 Å². The van der Waals surface area contributed by atoms with Gasteiger partial charge in [0, 0.05) is 0 Å². The first-order chi connectivity index (χ1) is 14.2. The van der Waals surface area contributed by atoms with E-state index in [1.165, 1.54) is 5.56 Å². The Morgan fingerprint density at radius 2 is 1.67 bits per heavy atom. The van der Waals surface area contributed by atoms with E-state index in [2.05, 4.69) is 65.1 Å². The van der Waals surface area contributed by atoms with E-state index in [9.17, 15) is 0 Å². The van der Waals surface area contributed by atoms with Crippen LogP contribution >= 0.6 is 0 Å². The molecule has 5 heteroatoms. The SMILES string of the molecule is CC[C@H]1C(=Nc2ccc(OC)cc2)O[C@@H]1[C@@H](O[Si](C)(C)C(C)(C)C)c1ccccc1. The van der Waals surface area contributed by atoms with Crippen molar-refractivity contribution in [3.8, 4) is 5.75 Å². The van der Waals surface area contributed by atoms with Gasteiger partial charge in [0.2, 0.25) is 0 Å². The van der Waals surface area contributed by atoms with E-state index >= 15 is 0 Å². The summed E-state index contributed by atoms with van der Waals surface area (Å²) in [5.41, 5.74) is 2.05. The van der Waals surface area contributed by atoms with Gasteiger partial charge in [0.1, 0.15) is 18.0 Å². The number of hydrogen-bond donors (Lipinski definition) is 0. The van der Waals surface area contributed by atoms with Gasteiger partial charge in [-0.1, -0.05) is 58.0 Å². The molecule has 0 radical (unpaired) electrons. The van der Waals surface area contributed by atoms with Crippen LogP contribution in [-0.2, 0) is 9.16 Å². The minimum Gasteiger partial charge on any atom is -0.497 e. The number of benzene rings is 2. The Morgan fingerprint density at radius 1 is 1.03 bits per heavy atom. The molecule has 1 saturated heterocycles. The number of nitrogens with zero attached hydrogens (tertiary/aromatic N) is 1. The highest BCUT2D eigenvalue weighted by Crippen LogP contribution is 2.45. The van der Waals surface area contributed by atoms with E-state index in [-0.39, 0.29) is 23.2 Å². The topological polar surface area (TPSA) is 40.0 Å². The van der Waals surface area contributed by atoms with Crippen LogP contribution in [0.15, 0.2) is 59.6 Å². The summed E-state index contributed by atoms with van der Waals surface area (Å²) >= 11 is 0.